The van der Waals surface area contributed by atoms with E-state index in [1.54, 1.807) is 6.08 Å². The summed E-state index contributed by atoms with van der Waals surface area (Å²) in [6, 6.07) is -1.04. The molecule has 0 radical (unpaired) electrons. The van der Waals surface area contributed by atoms with Crippen LogP contribution in [0.25, 0.3) is 0 Å². The third-order valence-corrected chi connectivity index (χ3v) is 14.0. The second-order valence-electron chi connectivity index (χ2n) is 21.0. The molecule has 11 nitrogen and oxygen atoms in total. The van der Waals surface area contributed by atoms with E-state index >= 15 is 0 Å². The van der Waals surface area contributed by atoms with Gasteiger partial charge in [-0.05, 0) is 103 Å². The Kier molecular flexibility index (Phi) is 49.5. The Bertz CT molecular complexity index is 1620. The predicted molar refractivity (Wildman–Crippen MR) is 319 cm³/mol. The monoisotopic (exact) mass is 1080 g/mol. The number of amides is 1. The molecule has 1 rings (SSSR count). The zero-order valence-electron chi connectivity index (χ0n) is 48.8. The van der Waals surface area contributed by atoms with Gasteiger partial charge in [0.15, 0.2) is 12.4 Å². The van der Waals surface area contributed by atoms with Crippen LogP contribution in [0.2, 0.25) is 0 Å². The number of carbonyl (C=O) groups is 2. The van der Waals surface area contributed by atoms with Gasteiger partial charge in [-0.3, -0.25) is 9.59 Å². The van der Waals surface area contributed by atoms with Crippen molar-refractivity contribution >= 4 is 11.9 Å². The highest BCUT2D eigenvalue weighted by Gasteiger charge is 2.47. The fourth-order valence-electron chi connectivity index (χ4n) is 9.06. The molecule has 0 aliphatic carbocycles. The zero-order valence-corrected chi connectivity index (χ0v) is 48.8. The van der Waals surface area contributed by atoms with Gasteiger partial charge in [-0.1, -0.05) is 234 Å². The molecule has 1 fully saturated rings. The summed E-state index contributed by atoms with van der Waals surface area (Å²) in [6.45, 7) is 5.62. The Morgan fingerprint density at radius 1 is 0.519 bits per heavy atom. The van der Waals surface area contributed by atoms with Crippen molar-refractivity contribution in [3.05, 3.63) is 97.2 Å². The minimum Gasteiger partial charge on any atom is -0.454 e. The first-order valence-electron chi connectivity index (χ1n) is 31.0. The number of carbonyl (C=O) groups excluding carboxylic acids is 2. The second-order valence-corrected chi connectivity index (χ2v) is 21.0. The van der Waals surface area contributed by atoms with Crippen molar-refractivity contribution in [3.8, 4) is 0 Å². The molecule has 0 spiro atoms. The smallest absolute Gasteiger partial charge is 0.306 e. The number of unbranched alkanes of at least 4 members (excludes halogenated alkanes) is 23. The first-order chi connectivity index (χ1) is 37.7. The van der Waals surface area contributed by atoms with Crippen LogP contribution >= 0.6 is 0 Å². The molecule has 1 amide bonds. The lowest BCUT2D eigenvalue weighted by Crippen LogP contribution is -2.61. The van der Waals surface area contributed by atoms with E-state index in [4.69, 9.17) is 14.2 Å². The van der Waals surface area contributed by atoms with Crippen molar-refractivity contribution in [1.29, 1.82) is 0 Å². The summed E-state index contributed by atoms with van der Waals surface area (Å²) in [6.07, 6.45) is 60.1. The number of aliphatic hydroxyl groups excluding tert-OH is 5. The van der Waals surface area contributed by atoms with Gasteiger partial charge >= 0.3 is 5.97 Å². The van der Waals surface area contributed by atoms with Crippen molar-refractivity contribution in [1.82, 2.24) is 5.32 Å². The fourth-order valence-corrected chi connectivity index (χ4v) is 9.06. The molecule has 8 unspecified atom stereocenters. The first-order valence-corrected chi connectivity index (χ1v) is 31.0. The van der Waals surface area contributed by atoms with Crippen molar-refractivity contribution in [2.45, 2.75) is 294 Å². The molecule has 11 heteroatoms. The number of nitrogens with one attached hydrogen (secondary N) is 1. The highest BCUT2D eigenvalue weighted by atomic mass is 16.7. The van der Waals surface area contributed by atoms with E-state index < -0.39 is 67.4 Å². The molecule has 0 bridgehead atoms. The van der Waals surface area contributed by atoms with Crippen LogP contribution < -0.4 is 5.32 Å². The molecule has 77 heavy (non-hydrogen) atoms. The number of rotatable bonds is 51. The van der Waals surface area contributed by atoms with Gasteiger partial charge in [0.25, 0.3) is 0 Å². The second kappa shape index (κ2) is 53.2. The number of hydrogen-bond donors (Lipinski definition) is 6. The molecule has 6 N–H and O–H groups in total. The average molecular weight is 1080 g/mol. The van der Waals surface area contributed by atoms with Crippen LogP contribution in [0.5, 0.6) is 0 Å². The summed E-state index contributed by atoms with van der Waals surface area (Å²) >= 11 is 0. The maximum Gasteiger partial charge on any atom is 0.306 e. The van der Waals surface area contributed by atoms with Gasteiger partial charge in [-0.25, -0.2) is 0 Å². The molecule has 8 atom stereocenters. The molecular formula is C66H113NO10. The van der Waals surface area contributed by atoms with Crippen LogP contribution in [0, 0.1) is 0 Å². The number of esters is 1. The number of hydrogen-bond acceptors (Lipinski definition) is 10. The molecule has 1 aliphatic rings. The Morgan fingerprint density at radius 2 is 0.935 bits per heavy atom. The highest BCUT2D eigenvalue weighted by Crippen LogP contribution is 2.26. The molecule has 442 valence electrons. The van der Waals surface area contributed by atoms with Crippen LogP contribution in [0.3, 0.4) is 0 Å². The first kappa shape index (κ1) is 71.6. The summed E-state index contributed by atoms with van der Waals surface area (Å²) in [7, 11) is 0. The van der Waals surface area contributed by atoms with Crippen LogP contribution in [0.1, 0.15) is 245 Å². The van der Waals surface area contributed by atoms with Crippen molar-refractivity contribution < 1.29 is 49.3 Å². The van der Waals surface area contributed by atoms with Crippen LogP contribution in [-0.2, 0) is 23.8 Å². The SMILES string of the molecule is CC/C=C\C/C=C\C/C=C\C/C=C\C/C=C\CCCCCCC(O)C(=O)NC(COC1OC(CO)C(O)C(O)C1OC(=O)CCCCCCCCC/C=C\C/C=C\CCCCC)C(O)/C=C/CCCCCCCCCCC. The summed E-state index contributed by atoms with van der Waals surface area (Å²) in [5.41, 5.74) is 0. The molecule has 0 saturated carbocycles. The Morgan fingerprint density at radius 3 is 1.43 bits per heavy atom. The summed E-state index contributed by atoms with van der Waals surface area (Å²) < 4.78 is 17.6. The quantitative estimate of drug-likeness (QED) is 0.0195. The third-order valence-electron chi connectivity index (χ3n) is 14.0. The highest BCUT2D eigenvalue weighted by molar-refractivity contribution is 5.80. The Labute approximate surface area is 469 Å². The maximum atomic E-state index is 13.4. The summed E-state index contributed by atoms with van der Waals surface area (Å²) in [4.78, 5) is 26.5. The van der Waals surface area contributed by atoms with E-state index in [1.165, 1.54) is 77.0 Å². The number of allylic oxidation sites excluding steroid dienone is 15. The molecular weight excluding hydrogens is 967 g/mol. The van der Waals surface area contributed by atoms with Crippen molar-refractivity contribution in [2.75, 3.05) is 13.2 Å². The van der Waals surface area contributed by atoms with Crippen LogP contribution in [-0.4, -0.2) is 99.6 Å². The summed E-state index contributed by atoms with van der Waals surface area (Å²) in [5.74, 6) is -1.23. The molecule has 0 aromatic carbocycles. The van der Waals surface area contributed by atoms with E-state index in [2.05, 4.69) is 111 Å². The maximum absolute atomic E-state index is 13.4. The van der Waals surface area contributed by atoms with Gasteiger partial charge in [-0.2, -0.15) is 0 Å². The van der Waals surface area contributed by atoms with Crippen molar-refractivity contribution in [2.24, 2.45) is 0 Å². The minimum atomic E-state index is -1.63. The normalized spacial score (nSPS) is 19.7. The predicted octanol–water partition coefficient (Wildman–Crippen LogP) is 14.7. The van der Waals surface area contributed by atoms with Crippen molar-refractivity contribution in [3.63, 3.8) is 0 Å². The van der Waals surface area contributed by atoms with E-state index in [-0.39, 0.29) is 19.4 Å². The molecule has 0 aromatic rings. The van der Waals surface area contributed by atoms with Crippen LogP contribution in [0.4, 0.5) is 0 Å². The van der Waals surface area contributed by atoms with E-state index in [1.807, 2.05) is 6.08 Å². The van der Waals surface area contributed by atoms with Crippen LogP contribution in [0.15, 0.2) is 97.2 Å². The molecule has 1 heterocycles. The van der Waals surface area contributed by atoms with Gasteiger partial charge in [-0.15, -0.1) is 0 Å². The van der Waals surface area contributed by atoms with Gasteiger partial charge in [0, 0.05) is 6.42 Å². The van der Waals surface area contributed by atoms with Gasteiger partial charge in [0.05, 0.1) is 25.4 Å². The zero-order chi connectivity index (χ0) is 56.1. The molecule has 1 saturated heterocycles. The largest absolute Gasteiger partial charge is 0.454 e. The lowest BCUT2D eigenvalue weighted by molar-refractivity contribution is -0.305. The van der Waals surface area contributed by atoms with Gasteiger partial charge in [0.1, 0.15) is 24.4 Å². The molecule has 1 aliphatic heterocycles. The molecule has 0 aromatic heterocycles. The lowest BCUT2D eigenvalue weighted by atomic mass is 9.99. The van der Waals surface area contributed by atoms with Gasteiger partial charge in [0.2, 0.25) is 5.91 Å². The van der Waals surface area contributed by atoms with E-state index in [9.17, 15) is 35.1 Å². The fraction of sp³-hybridized carbons (Fsp3) is 0.727. The number of aliphatic hydroxyl groups is 5. The number of ether oxygens (including phenoxy) is 3. The van der Waals surface area contributed by atoms with E-state index in [0.717, 1.165) is 122 Å². The lowest BCUT2D eigenvalue weighted by Gasteiger charge is -2.41. The topological polar surface area (TPSA) is 175 Å². The minimum absolute atomic E-state index is 0.108. The Balaban J connectivity index is 2.69. The van der Waals surface area contributed by atoms with E-state index in [0.29, 0.717) is 12.8 Å². The third kappa shape index (κ3) is 41.3. The summed E-state index contributed by atoms with van der Waals surface area (Å²) in [5, 5.41) is 56.9. The standard InChI is InChI=1S/C66H113NO10/c1-4-7-10-13-16-19-22-24-26-28-29-30-32-33-35-38-41-44-47-50-53-59(70)65(74)67-57(58(69)52-49-46-43-40-37-21-18-15-12-9-6-3)56-75-66-64(63(73)62(72)60(55-68)76-66)77-61(71)54-51-48-45-42-39-36-34-31-27-25-23-20-17-14-11-8-5-2/h7,10,16-17,19-20,24-27,29-30,33,35,49,52,57-60,62-64,66,68-70,72-73H,4-6,8-9,11-15,18,21-23,28,31-32,34,36-48,50-51,53-56H2,1-3H3,(H,67,74)/b10-7-,19-16-,20-17-,26-24-,27-25-,30-29-,35-33-,52-49+. The average Bonchev–Trinajstić information content (AvgIpc) is 3.43. The Hall–Kier alpha value is -3.42. The van der Waals surface area contributed by atoms with Gasteiger partial charge < -0.3 is 45.1 Å².